The summed E-state index contributed by atoms with van der Waals surface area (Å²) in [7, 11) is 1.54. The van der Waals surface area contributed by atoms with Crippen LogP contribution < -0.4 is 10.6 Å². The Labute approximate surface area is 158 Å². The minimum atomic E-state index is -0.805. The summed E-state index contributed by atoms with van der Waals surface area (Å²) in [6, 6.07) is 12.9. The Bertz CT molecular complexity index is 822. The number of halogens is 1. The molecule has 2 aromatic carbocycles. The van der Waals surface area contributed by atoms with Crippen molar-refractivity contribution in [2.24, 2.45) is 0 Å². The molecule has 2 aromatic rings. The van der Waals surface area contributed by atoms with E-state index in [0.717, 1.165) is 16.7 Å². The monoisotopic (exact) mass is 374 g/mol. The third-order valence-corrected chi connectivity index (χ3v) is 4.55. The van der Waals surface area contributed by atoms with Crippen LogP contribution >= 0.6 is 11.6 Å². The lowest BCUT2D eigenvalue weighted by Gasteiger charge is -2.29. The number of aryl methyl sites for hydroxylation is 2. The quantitative estimate of drug-likeness (QED) is 0.786. The summed E-state index contributed by atoms with van der Waals surface area (Å²) in [4.78, 5) is 24.4. The molecule has 138 valence electrons. The van der Waals surface area contributed by atoms with Crippen molar-refractivity contribution in [2.75, 3.05) is 19.0 Å². The predicted molar refractivity (Wildman–Crippen MR) is 103 cm³/mol. The number of anilines is 1. The van der Waals surface area contributed by atoms with Crippen molar-refractivity contribution < 1.29 is 14.3 Å². The molecule has 0 fully saturated rings. The van der Waals surface area contributed by atoms with Gasteiger partial charge in [0.15, 0.2) is 0 Å². The van der Waals surface area contributed by atoms with Crippen LogP contribution in [-0.4, -0.2) is 25.5 Å². The molecule has 0 aliphatic carbocycles. The van der Waals surface area contributed by atoms with Crippen LogP contribution in [0.15, 0.2) is 42.5 Å². The van der Waals surface area contributed by atoms with Gasteiger partial charge >= 0.3 is 11.8 Å². The van der Waals surface area contributed by atoms with Crippen LogP contribution in [0.25, 0.3) is 0 Å². The summed E-state index contributed by atoms with van der Waals surface area (Å²) in [5.74, 6) is -1.44. The first-order chi connectivity index (χ1) is 12.2. The number of ether oxygens (including phenoxy) is 1. The fraction of sp³-hybridized carbons (Fsp3) is 0.300. The fourth-order valence-corrected chi connectivity index (χ4v) is 2.68. The minimum Gasteiger partial charge on any atom is -0.372 e. The lowest BCUT2D eigenvalue weighted by atomic mass is 9.95. The Morgan fingerprint density at radius 2 is 1.85 bits per heavy atom. The number of benzene rings is 2. The molecule has 0 aliphatic heterocycles. The van der Waals surface area contributed by atoms with Gasteiger partial charge in [-0.05, 0) is 55.7 Å². The molecule has 0 aromatic heterocycles. The average molecular weight is 375 g/mol. The second-order valence-electron chi connectivity index (χ2n) is 6.40. The van der Waals surface area contributed by atoms with Crippen LogP contribution in [0.2, 0.25) is 5.02 Å². The molecule has 0 heterocycles. The van der Waals surface area contributed by atoms with Crippen LogP contribution in [-0.2, 0) is 19.9 Å². The van der Waals surface area contributed by atoms with Gasteiger partial charge in [0.05, 0.1) is 6.54 Å². The molecule has 26 heavy (non-hydrogen) atoms. The van der Waals surface area contributed by atoms with Crippen LogP contribution in [0.4, 0.5) is 5.69 Å². The summed E-state index contributed by atoms with van der Waals surface area (Å²) in [5.41, 5.74) is 2.51. The van der Waals surface area contributed by atoms with E-state index in [4.69, 9.17) is 16.3 Å². The minimum absolute atomic E-state index is 0.128. The zero-order valence-electron chi connectivity index (χ0n) is 15.4. The molecule has 0 spiro atoms. The molecule has 0 aliphatic rings. The van der Waals surface area contributed by atoms with Crippen LogP contribution in [0.3, 0.4) is 0 Å². The Kier molecular flexibility index (Phi) is 6.40. The summed E-state index contributed by atoms with van der Waals surface area (Å²) in [5, 5.41) is 5.84. The van der Waals surface area contributed by atoms with Crippen molar-refractivity contribution in [1.29, 1.82) is 0 Å². The van der Waals surface area contributed by atoms with E-state index in [1.54, 1.807) is 19.2 Å². The molecule has 1 atom stereocenters. The van der Waals surface area contributed by atoms with E-state index in [2.05, 4.69) is 10.6 Å². The number of amides is 2. The van der Waals surface area contributed by atoms with Crippen molar-refractivity contribution in [1.82, 2.24) is 5.32 Å². The zero-order chi connectivity index (χ0) is 19.3. The first kappa shape index (κ1) is 19.9. The van der Waals surface area contributed by atoms with E-state index >= 15 is 0 Å². The van der Waals surface area contributed by atoms with Gasteiger partial charge in [0, 0.05) is 17.8 Å². The standard InChI is InChI=1S/C20H23ClN2O3/c1-13-8-9-14(2)17(10-13)23-19(25)18(24)22-12-20(3,26-4)15-6-5-7-16(21)11-15/h5-11H,12H2,1-4H3,(H,22,24)(H,23,25). The Morgan fingerprint density at radius 1 is 1.12 bits per heavy atom. The highest BCUT2D eigenvalue weighted by atomic mass is 35.5. The summed E-state index contributed by atoms with van der Waals surface area (Å²) in [6.07, 6.45) is 0. The molecule has 5 nitrogen and oxygen atoms in total. The highest BCUT2D eigenvalue weighted by molar-refractivity contribution is 6.39. The Morgan fingerprint density at radius 3 is 2.50 bits per heavy atom. The molecule has 0 bridgehead atoms. The van der Waals surface area contributed by atoms with Crippen LogP contribution in [0, 0.1) is 13.8 Å². The number of carbonyl (C=O) groups excluding carboxylic acids is 2. The highest BCUT2D eigenvalue weighted by Gasteiger charge is 2.28. The molecular formula is C20H23ClN2O3. The van der Waals surface area contributed by atoms with E-state index in [0.29, 0.717) is 10.7 Å². The smallest absolute Gasteiger partial charge is 0.313 e. The van der Waals surface area contributed by atoms with Gasteiger partial charge in [-0.3, -0.25) is 9.59 Å². The molecule has 2 amide bonds. The van der Waals surface area contributed by atoms with E-state index in [1.807, 2.05) is 51.1 Å². The van der Waals surface area contributed by atoms with Gasteiger partial charge in [0.25, 0.3) is 0 Å². The molecule has 2 rings (SSSR count). The number of methoxy groups -OCH3 is 1. The lowest BCUT2D eigenvalue weighted by molar-refractivity contribution is -0.137. The molecule has 0 saturated heterocycles. The van der Waals surface area contributed by atoms with Gasteiger partial charge in [-0.25, -0.2) is 0 Å². The molecule has 0 saturated carbocycles. The average Bonchev–Trinajstić information content (AvgIpc) is 2.62. The first-order valence-electron chi connectivity index (χ1n) is 8.23. The highest BCUT2D eigenvalue weighted by Crippen LogP contribution is 2.26. The number of nitrogens with one attached hydrogen (secondary N) is 2. The molecule has 0 radical (unpaired) electrons. The van der Waals surface area contributed by atoms with Crippen molar-refractivity contribution in [3.63, 3.8) is 0 Å². The van der Waals surface area contributed by atoms with Crippen molar-refractivity contribution in [3.8, 4) is 0 Å². The van der Waals surface area contributed by atoms with Crippen molar-refractivity contribution in [3.05, 3.63) is 64.2 Å². The fourth-order valence-electron chi connectivity index (χ4n) is 2.49. The molecular weight excluding hydrogens is 352 g/mol. The SMILES string of the molecule is COC(C)(CNC(=O)C(=O)Nc1cc(C)ccc1C)c1cccc(Cl)c1. The molecule has 2 N–H and O–H groups in total. The maximum absolute atomic E-state index is 12.2. The van der Waals surface area contributed by atoms with Gasteiger partial charge in [0.2, 0.25) is 0 Å². The summed E-state index contributed by atoms with van der Waals surface area (Å²) >= 11 is 6.03. The first-order valence-corrected chi connectivity index (χ1v) is 8.60. The molecule has 6 heteroatoms. The van der Waals surface area contributed by atoms with Gasteiger partial charge in [-0.15, -0.1) is 0 Å². The van der Waals surface area contributed by atoms with Gasteiger partial charge in [-0.2, -0.15) is 0 Å². The maximum Gasteiger partial charge on any atom is 0.313 e. The van der Waals surface area contributed by atoms with Gasteiger partial charge in [0.1, 0.15) is 5.60 Å². The Hall–Kier alpha value is -2.37. The van der Waals surface area contributed by atoms with Gasteiger partial charge in [-0.1, -0.05) is 35.9 Å². The largest absolute Gasteiger partial charge is 0.372 e. The normalized spacial score (nSPS) is 13.0. The number of carbonyl (C=O) groups is 2. The number of hydrogen-bond donors (Lipinski definition) is 2. The second kappa shape index (κ2) is 8.34. The summed E-state index contributed by atoms with van der Waals surface area (Å²) in [6.45, 7) is 5.74. The van der Waals surface area contributed by atoms with Crippen molar-refractivity contribution in [2.45, 2.75) is 26.4 Å². The third-order valence-electron chi connectivity index (χ3n) is 4.32. The number of hydrogen-bond acceptors (Lipinski definition) is 3. The van der Waals surface area contributed by atoms with Gasteiger partial charge < -0.3 is 15.4 Å². The van der Waals surface area contributed by atoms with Crippen LogP contribution in [0.1, 0.15) is 23.6 Å². The lowest BCUT2D eigenvalue weighted by Crippen LogP contribution is -2.44. The predicted octanol–water partition coefficient (Wildman–Crippen LogP) is 3.57. The van der Waals surface area contributed by atoms with E-state index in [1.165, 1.54) is 0 Å². The zero-order valence-corrected chi connectivity index (χ0v) is 16.1. The van der Waals surface area contributed by atoms with E-state index in [9.17, 15) is 9.59 Å². The number of rotatable bonds is 5. The topological polar surface area (TPSA) is 67.4 Å². The van der Waals surface area contributed by atoms with E-state index < -0.39 is 17.4 Å². The van der Waals surface area contributed by atoms with Crippen molar-refractivity contribution >= 4 is 29.1 Å². The summed E-state index contributed by atoms with van der Waals surface area (Å²) < 4.78 is 5.56. The maximum atomic E-state index is 12.2. The second-order valence-corrected chi connectivity index (χ2v) is 6.84. The van der Waals surface area contributed by atoms with Crippen LogP contribution in [0.5, 0.6) is 0 Å². The third kappa shape index (κ3) is 4.84. The Balaban J connectivity index is 2.04. The van der Waals surface area contributed by atoms with E-state index in [-0.39, 0.29) is 6.54 Å². The molecule has 1 unspecified atom stereocenters.